The molecule has 0 spiro atoms. The van der Waals surface area contributed by atoms with E-state index in [0.717, 1.165) is 18.5 Å². The van der Waals surface area contributed by atoms with Gasteiger partial charge in [-0.1, -0.05) is 12.1 Å². The Balaban J connectivity index is 1.71. The molecule has 0 saturated carbocycles. The third-order valence-electron chi connectivity index (χ3n) is 3.45. The van der Waals surface area contributed by atoms with Crippen molar-refractivity contribution in [1.29, 1.82) is 0 Å². The van der Waals surface area contributed by atoms with Crippen molar-refractivity contribution in [2.24, 2.45) is 5.92 Å². The monoisotopic (exact) mass is 253 g/mol. The predicted molar refractivity (Wildman–Crippen MR) is 74.6 cm³/mol. The van der Waals surface area contributed by atoms with Gasteiger partial charge in [0.15, 0.2) is 0 Å². The quantitative estimate of drug-likeness (QED) is 0.804. The summed E-state index contributed by atoms with van der Waals surface area (Å²) in [6, 6.07) is 11.3. The molecule has 1 heterocycles. The fourth-order valence-electron chi connectivity index (χ4n) is 2.49. The molecule has 0 fully saturated rings. The second-order valence-corrected chi connectivity index (χ2v) is 4.84. The van der Waals surface area contributed by atoms with Crippen LogP contribution < -0.4 is 11.1 Å². The van der Waals surface area contributed by atoms with E-state index in [0.29, 0.717) is 5.82 Å². The molecule has 1 amide bonds. The van der Waals surface area contributed by atoms with E-state index < -0.39 is 0 Å². The van der Waals surface area contributed by atoms with E-state index in [1.165, 1.54) is 11.1 Å². The molecule has 0 unspecified atom stereocenters. The van der Waals surface area contributed by atoms with E-state index in [1.807, 2.05) is 30.3 Å². The minimum atomic E-state index is -0.0289. The van der Waals surface area contributed by atoms with Gasteiger partial charge in [-0.25, -0.2) is 4.98 Å². The summed E-state index contributed by atoms with van der Waals surface area (Å²) in [6.07, 6.45) is 3.19. The fourth-order valence-corrected chi connectivity index (χ4v) is 2.49. The molecule has 96 valence electrons. The molecule has 1 aromatic heterocycles. The number of hydrogen-bond donors (Lipinski definition) is 2. The number of anilines is 2. The molecule has 1 aliphatic carbocycles. The first-order valence-corrected chi connectivity index (χ1v) is 6.31. The lowest BCUT2D eigenvalue weighted by Crippen LogP contribution is -2.23. The molecule has 0 saturated heterocycles. The Morgan fingerprint density at radius 2 is 2.05 bits per heavy atom. The molecule has 1 aromatic carbocycles. The van der Waals surface area contributed by atoms with Gasteiger partial charge in [0, 0.05) is 17.8 Å². The van der Waals surface area contributed by atoms with Gasteiger partial charge in [-0.3, -0.25) is 4.79 Å². The molecule has 4 nitrogen and oxygen atoms in total. The van der Waals surface area contributed by atoms with Crippen LogP contribution in [0.3, 0.4) is 0 Å². The number of fused-ring (bicyclic) bond motifs is 1. The van der Waals surface area contributed by atoms with Gasteiger partial charge in [0.05, 0.1) is 0 Å². The zero-order valence-electron chi connectivity index (χ0n) is 10.5. The van der Waals surface area contributed by atoms with Crippen molar-refractivity contribution in [3.05, 3.63) is 53.7 Å². The molecule has 0 bridgehead atoms. The fraction of sp³-hybridized carbons (Fsp3) is 0.200. The van der Waals surface area contributed by atoms with Crippen LogP contribution in [0, 0.1) is 5.92 Å². The Hall–Kier alpha value is -2.36. The summed E-state index contributed by atoms with van der Waals surface area (Å²) in [6.45, 7) is 0. The van der Waals surface area contributed by atoms with E-state index in [-0.39, 0.29) is 11.8 Å². The molecule has 3 rings (SSSR count). The van der Waals surface area contributed by atoms with Crippen LogP contribution in [0.1, 0.15) is 11.1 Å². The average molecular weight is 253 g/mol. The Labute approximate surface area is 111 Å². The molecule has 19 heavy (non-hydrogen) atoms. The van der Waals surface area contributed by atoms with Crippen molar-refractivity contribution in [3.63, 3.8) is 0 Å². The summed E-state index contributed by atoms with van der Waals surface area (Å²) in [7, 11) is 0. The van der Waals surface area contributed by atoms with E-state index in [4.69, 9.17) is 5.73 Å². The van der Waals surface area contributed by atoms with Crippen LogP contribution in [0.25, 0.3) is 0 Å². The number of benzene rings is 1. The highest BCUT2D eigenvalue weighted by Gasteiger charge is 2.27. The van der Waals surface area contributed by atoms with Crippen molar-refractivity contribution >= 4 is 17.4 Å². The van der Waals surface area contributed by atoms with Crippen LogP contribution in [0.15, 0.2) is 42.6 Å². The first-order chi connectivity index (χ1) is 9.22. The average Bonchev–Trinajstić information content (AvgIpc) is 2.83. The van der Waals surface area contributed by atoms with Gasteiger partial charge in [-0.05, 0) is 48.2 Å². The van der Waals surface area contributed by atoms with Crippen LogP contribution in [0.2, 0.25) is 0 Å². The van der Waals surface area contributed by atoms with Gasteiger partial charge in [-0.2, -0.15) is 0 Å². The van der Waals surface area contributed by atoms with Gasteiger partial charge in [0.1, 0.15) is 5.82 Å². The summed E-state index contributed by atoms with van der Waals surface area (Å²) >= 11 is 0. The van der Waals surface area contributed by atoms with E-state index in [9.17, 15) is 4.79 Å². The maximum Gasteiger partial charge on any atom is 0.229 e. The van der Waals surface area contributed by atoms with E-state index >= 15 is 0 Å². The second kappa shape index (κ2) is 4.72. The molecule has 0 aliphatic heterocycles. The highest BCUT2D eigenvalue weighted by Crippen LogP contribution is 2.29. The van der Waals surface area contributed by atoms with Gasteiger partial charge in [0.2, 0.25) is 5.91 Å². The summed E-state index contributed by atoms with van der Waals surface area (Å²) in [5.74, 6) is 0.593. The number of carbonyl (C=O) groups is 1. The number of aromatic nitrogens is 1. The van der Waals surface area contributed by atoms with Crippen molar-refractivity contribution < 1.29 is 4.79 Å². The highest BCUT2D eigenvalue weighted by atomic mass is 16.1. The summed E-state index contributed by atoms with van der Waals surface area (Å²) in [5, 5.41) is 2.85. The normalized spacial score (nSPS) is 16.9. The number of pyridine rings is 1. The van der Waals surface area contributed by atoms with Crippen molar-refractivity contribution in [1.82, 2.24) is 4.98 Å². The Morgan fingerprint density at radius 3 is 2.84 bits per heavy atom. The molecule has 1 atom stereocenters. The second-order valence-electron chi connectivity index (χ2n) is 4.84. The van der Waals surface area contributed by atoms with Crippen LogP contribution >= 0.6 is 0 Å². The van der Waals surface area contributed by atoms with Crippen LogP contribution in [-0.4, -0.2) is 10.9 Å². The Kier molecular flexibility index (Phi) is 2.91. The summed E-state index contributed by atoms with van der Waals surface area (Å²) < 4.78 is 0. The van der Waals surface area contributed by atoms with Gasteiger partial charge >= 0.3 is 0 Å². The Morgan fingerprint density at radius 1 is 1.21 bits per heavy atom. The molecular formula is C15H15N3O. The smallest absolute Gasteiger partial charge is 0.229 e. The van der Waals surface area contributed by atoms with Crippen LogP contribution in [0.5, 0.6) is 0 Å². The number of nitrogens with one attached hydrogen (secondary N) is 1. The summed E-state index contributed by atoms with van der Waals surface area (Å²) in [5.41, 5.74) is 8.92. The zero-order valence-corrected chi connectivity index (χ0v) is 10.5. The molecule has 0 radical (unpaired) electrons. The third-order valence-corrected chi connectivity index (χ3v) is 3.45. The van der Waals surface area contributed by atoms with Crippen LogP contribution in [0.4, 0.5) is 11.5 Å². The lowest BCUT2D eigenvalue weighted by Gasteiger charge is -2.09. The van der Waals surface area contributed by atoms with Crippen LogP contribution in [-0.2, 0) is 17.6 Å². The van der Waals surface area contributed by atoms with Crippen molar-refractivity contribution in [2.45, 2.75) is 12.8 Å². The largest absolute Gasteiger partial charge is 0.399 e. The van der Waals surface area contributed by atoms with Gasteiger partial charge in [-0.15, -0.1) is 0 Å². The predicted octanol–water partition coefficient (Wildman–Crippen LogP) is 2.02. The lowest BCUT2D eigenvalue weighted by molar-refractivity contribution is -0.119. The molecule has 3 N–H and O–H groups in total. The number of rotatable bonds is 2. The zero-order chi connectivity index (χ0) is 13.2. The van der Waals surface area contributed by atoms with Crippen molar-refractivity contribution in [3.8, 4) is 0 Å². The van der Waals surface area contributed by atoms with Gasteiger partial charge in [0.25, 0.3) is 0 Å². The summed E-state index contributed by atoms with van der Waals surface area (Å²) in [4.78, 5) is 16.3. The molecule has 4 heteroatoms. The SMILES string of the molecule is Nc1ccc2c(c1)C[C@H](C(=O)Nc1ccccn1)C2. The number of hydrogen-bond acceptors (Lipinski definition) is 3. The van der Waals surface area contributed by atoms with Gasteiger partial charge < -0.3 is 11.1 Å². The lowest BCUT2D eigenvalue weighted by atomic mass is 10.1. The number of carbonyl (C=O) groups excluding carboxylic acids is 1. The molecule has 2 aromatic rings. The minimum absolute atomic E-state index is 0.0217. The maximum absolute atomic E-state index is 12.2. The molecule has 1 aliphatic rings. The first kappa shape index (κ1) is 11.7. The number of amides is 1. The highest BCUT2D eigenvalue weighted by molar-refractivity contribution is 5.92. The number of nitrogens with zero attached hydrogens (tertiary/aromatic N) is 1. The standard InChI is InChI=1S/C15H15N3O/c16-13-5-4-10-7-12(8-11(10)9-13)15(19)18-14-3-1-2-6-17-14/h1-6,9,12H,7-8,16H2,(H,17,18,19)/t12-/m1/s1. The maximum atomic E-state index is 12.2. The Bertz CT molecular complexity index is 610. The topological polar surface area (TPSA) is 68.0 Å². The van der Waals surface area contributed by atoms with Crippen molar-refractivity contribution in [2.75, 3.05) is 11.1 Å². The van der Waals surface area contributed by atoms with E-state index in [2.05, 4.69) is 10.3 Å². The number of nitrogens with two attached hydrogens (primary N) is 1. The molecular weight excluding hydrogens is 238 g/mol. The minimum Gasteiger partial charge on any atom is -0.399 e. The number of nitrogen functional groups attached to an aromatic ring is 1. The third kappa shape index (κ3) is 2.42. The first-order valence-electron chi connectivity index (χ1n) is 6.31. The van der Waals surface area contributed by atoms with E-state index in [1.54, 1.807) is 12.3 Å².